The summed E-state index contributed by atoms with van der Waals surface area (Å²) in [6.45, 7) is 3.80. The van der Waals surface area contributed by atoms with Crippen molar-refractivity contribution in [3.63, 3.8) is 0 Å². The number of rotatable bonds is 2. The van der Waals surface area contributed by atoms with Crippen molar-refractivity contribution in [1.29, 1.82) is 0 Å². The van der Waals surface area contributed by atoms with Crippen LogP contribution in [0.4, 0.5) is 0 Å². The first-order valence-corrected chi connectivity index (χ1v) is 4.81. The molecule has 5 nitrogen and oxygen atoms in total. The third-order valence-corrected chi connectivity index (χ3v) is 2.39. The van der Waals surface area contributed by atoms with Crippen molar-refractivity contribution in [2.45, 2.75) is 19.9 Å². The Morgan fingerprint density at radius 1 is 1.53 bits per heavy atom. The number of aryl methyl sites for hydroxylation is 2. The second kappa shape index (κ2) is 3.60. The summed E-state index contributed by atoms with van der Waals surface area (Å²) in [5, 5.41) is 9.03. The molecule has 0 aliphatic heterocycles. The predicted molar refractivity (Wildman–Crippen MR) is 56.5 cm³/mol. The van der Waals surface area contributed by atoms with Crippen molar-refractivity contribution in [3.8, 4) is 0 Å². The van der Waals surface area contributed by atoms with Gasteiger partial charge in [-0.2, -0.15) is 0 Å². The average molecular weight is 206 g/mol. The monoisotopic (exact) mass is 206 g/mol. The summed E-state index contributed by atoms with van der Waals surface area (Å²) < 4.78 is 1.87. The Balaban J connectivity index is 2.69. The molecule has 0 aliphatic carbocycles. The van der Waals surface area contributed by atoms with Gasteiger partial charge in [0.1, 0.15) is 0 Å². The van der Waals surface area contributed by atoms with Gasteiger partial charge >= 0.3 is 0 Å². The lowest BCUT2D eigenvalue weighted by molar-refractivity contribution is 0.265. The molecule has 0 aliphatic rings. The van der Waals surface area contributed by atoms with Crippen LogP contribution in [0, 0.1) is 13.8 Å². The van der Waals surface area contributed by atoms with E-state index in [1.165, 1.54) is 0 Å². The quantitative estimate of drug-likeness (QED) is 0.742. The highest BCUT2D eigenvalue weighted by Crippen LogP contribution is 2.14. The molecule has 2 aromatic rings. The molecule has 1 unspecified atom stereocenters. The largest absolute Gasteiger partial charge is 0.394 e. The van der Waals surface area contributed by atoms with Crippen LogP contribution in [0.3, 0.4) is 0 Å². The molecule has 0 amide bonds. The van der Waals surface area contributed by atoms with E-state index in [0.717, 1.165) is 17.1 Å². The van der Waals surface area contributed by atoms with Gasteiger partial charge in [0.25, 0.3) is 0 Å². The summed E-state index contributed by atoms with van der Waals surface area (Å²) in [6, 6.07) is 1.55. The molecule has 2 rings (SSSR count). The summed E-state index contributed by atoms with van der Waals surface area (Å²) in [5.41, 5.74) is 8.51. The van der Waals surface area contributed by atoms with E-state index in [1.54, 1.807) is 6.20 Å². The number of hydrogen-bond donors (Lipinski definition) is 2. The second-order valence-electron chi connectivity index (χ2n) is 3.65. The first-order chi connectivity index (χ1) is 7.13. The van der Waals surface area contributed by atoms with Gasteiger partial charge in [0, 0.05) is 11.4 Å². The van der Waals surface area contributed by atoms with E-state index in [-0.39, 0.29) is 6.61 Å². The Hall–Kier alpha value is -1.46. The molecule has 1 atom stereocenters. The number of nitrogens with zero attached hydrogens (tertiary/aromatic N) is 3. The van der Waals surface area contributed by atoms with Gasteiger partial charge in [-0.3, -0.25) is 4.40 Å². The molecule has 80 valence electrons. The maximum atomic E-state index is 9.03. The predicted octanol–water partition coefficient (Wildman–Crippen LogP) is 0.338. The number of aromatic nitrogens is 3. The van der Waals surface area contributed by atoms with E-state index in [1.807, 2.05) is 24.3 Å². The SMILES string of the molecule is Cc1cc(C)n2c(C(N)CO)cnc2n1. The molecular weight excluding hydrogens is 192 g/mol. The van der Waals surface area contributed by atoms with Gasteiger partial charge < -0.3 is 10.8 Å². The van der Waals surface area contributed by atoms with Gasteiger partial charge in [0.2, 0.25) is 5.78 Å². The van der Waals surface area contributed by atoms with Gasteiger partial charge in [-0.25, -0.2) is 9.97 Å². The van der Waals surface area contributed by atoms with E-state index in [9.17, 15) is 0 Å². The van der Waals surface area contributed by atoms with Crippen molar-refractivity contribution in [2.75, 3.05) is 6.61 Å². The Labute approximate surface area is 87.6 Å². The number of aliphatic hydroxyl groups is 1. The van der Waals surface area contributed by atoms with Crippen LogP contribution >= 0.6 is 0 Å². The fraction of sp³-hybridized carbons (Fsp3) is 0.400. The maximum absolute atomic E-state index is 9.03. The highest BCUT2D eigenvalue weighted by molar-refractivity contribution is 5.36. The van der Waals surface area contributed by atoms with Gasteiger partial charge in [0.05, 0.1) is 24.5 Å². The molecule has 0 bridgehead atoms. The van der Waals surface area contributed by atoms with Crippen LogP contribution in [0.2, 0.25) is 0 Å². The second-order valence-corrected chi connectivity index (χ2v) is 3.65. The molecule has 0 saturated heterocycles. The third-order valence-electron chi connectivity index (χ3n) is 2.39. The molecular formula is C10H14N4O. The van der Waals surface area contributed by atoms with Gasteiger partial charge in [-0.05, 0) is 19.9 Å². The van der Waals surface area contributed by atoms with E-state index < -0.39 is 6.04 Å². The number of imidazole rings is 1. The summed E-state index contributed by atoms with van der Waals surface area (Å²) >= 11 is 0. The molecule has 5 heteroatoms. The lowest BCUT2D eigenvalue weighted by Crippen LogP contribution is -2.17. The minimum absolute atomic E-state index is 0.0961. The summed E-state index contributed by atoms with van der Waals surface area (Å²) in [6.07, 6.45) is 1.66. The van der Waals surface area contributed by atoms with Gasteiger partial charge in [-0.1, -0.05) is 0 Å². The minimum atomic E-state index is -0.414. The van der Waals surface area contributed by atoms with Gasteiger partial charge in [0.15, 0.2) is 0 Å². The van der Waals surface area contributed by atoms with E-state index in [2.05, 4.69) is 9.97 Å². The smallest absolute Gasteiger partial charge is 0.234 e. The van der Waals surface area contributed by atoms with E-state index >= 15 is 0 Å². The number of nitrogens with two attached hydrogens (primary N) is 1. The van der Waals surface area contributed by atoms with Crippen molar-refractivity contribution < 1.29 is 5.11 Å². The van der Waals surface area contributed by atoms with Crippen LogP contribution in [0.5, 0.6) is 0 Å². The summed E-state index contributed by atoms with van der Waals surface area (Å²) in [5.74, 6) is 0.631. The highest BCUT2D eigenvalue weighted by Gasteiger charge is 2.13. The summed E-state index contributed by atoms with van der Waals surface area (Å²) in [4.78, 5) is 8.46. The van der Waals surface area contributed by atoms with Crippen LogP contribution in [0.15, 0.2) is 12.3 Å². The fourth-order valence-corrected chi connectivity index (χ4v) is 1.71. The van der Waals surface area contributed by atoms with Gasteiger partial charge in [-0.15, -0.1) is 0 Å². The molecule has 0 fully saturated rings. The zero-order valence-electron chi connectivity index (χ0n) is 8.81. The summed E-state index contributed by atoms with van der Waals surface area (Å²) in [7, 11) is 0. The number of aliphatic hydroxyl groups excluding tert-OH is 1. The number of fused-ring (bicyclic) bond motifs is 1. The van der Waals surface area contributed by atoms with Crippen molar-refractivity contribution in [2.24, 2.45) is 5.73 Å². The highest BCUT2D eigenvalue weighted by atomic mass is 16.3. The lowest BCUT2D eigenvalue weighted by atomic mass is 10.2. The minimum Gasteiger partial charge on any atom is -0.394 e. The molecule has 2 aromatic heterocycles. The Morgan fingerprint density at radius 3 is 2.93 bits per heavy atom. The topological polar surface area (TPSA) is 76.4 Å². The normalized spacial score (nSPS) is 13.3. The van der Waals surface area contributed by atoms with Crippen molar-refractivity contribution >= 4 is 5.78 Å². The maximum Gasteiger partial charge on any atom is 0.234 e. The van der Waals surface area contributed by atoms with E-state index in [0.29, 0.717) is 5.78 Å². The van der Waals surface area contributed by atoms with E-state index in [4.69, 9.17) is 10.8 Å². The Morgan fingerprint density at radius 2 is 2.27 bits per heavy atom. The molecule has 3 N–H and O–H groups in total. The Kier molecular flexibility index (Phi) is 2.42. The molecule has 0 radical (unpaired) electrons. The van der Waals surface area contributed by atoms with Crippen molar-refractivity contribution in [3.05, 3.63) is 29.3 Å². The standard InChI is InChI=1S/C10H14N4O/c1-6-3-7(2)14-9(8(11)5-15)4-12-10(14)13-6/h3-4,8,15H,5,11H2,1-2H3. The number of hydrogen-bond acceptors (Lipinski definition) is 4. The first-order valence-electron chi connectivity index (χ1n) is 4.81. The average Bonchev–Trinajstić information content (AvgIpc) is 2.60. The van der Waals surface area contributed by atoms with Crippen LogP contribution in [-0.4, -0.2) is 26.1 Å². The lowest BCUT2D eigenvalue weighted by Gasteiger charge is -2.09. The molecule has 0 spiro atoms. The molecule has 2 heterocycles. The fourth-order valence-electron chi connectivity index (χ4n) is 1.71. The molecule has 0 aromatic carbocycles. The third kappa shape index (κ3) is 1.60. The zero-order valence-corrected chi connectivity index (χ0v) is 8.81. The molecule has 0 saturated carbocycles. The zero-order chi connectivity index (χ0) is 11.0. The first kappa shape index (κ1) is 10.1. The molecule has 15 heavy (non-hydrogen) atoms. The van der Waals surface area contributed by atoms with Crippen LogP contribution in [0.1, 0.15) is 23.1 Å². The Bertz CT molecular complexity index is 491. The van der Waals surface area contributed by atoms with Crippen molar-refractivity contribution in [1.82, 2.24) is 14.4 Å². The van der Waals surface area contributed by atoms with Crippen LogP contribution in [0.25, 0.3) is 5.78 Å². The van der Waals surface area contributed by atoms with Crippen LogP contribution in [-0.2, 0) is 0 Å². The van der Waals surface area contributed by atoms with Crippen LogP contribution < -0.4 is 5.73 Å².